The zero-order chi connectivity index (χ0) is 23.4. The van der Waals surface area contributed by atoms with Crippen molar-refractivity contribution in [2.75, 3.05) is 31.5 Å². The summed E-state index contributed by atoms with van der Waals surface area (Å²) in [5.74, 6) is 0.211. The predicted octanol–water partition coefficient (Wildman–Crippen LogP) is 2.06. The average molecular weight is 472 g/mol. The van der Waals surface area contributed by atoms with E-state index in [1.807, 2.05) is 24.0 Å². The van der Waals surface area contributed by atoms with Crippen molar-refractivity contribution in [2.24, 2.45) is 11.8 Å². The number of carbonyl (C=O) groups is 2. The van der Waals surface area contributed by atoms with Crippen molar-refractivity contribution in [3.05, 3.63) is 48.4 Å². The fourth-order valence-electron chi connectivity index (χ4n) is 4.44. The van der Waals surface area contributed by atoms with Crippen LogP contribution in [-0.4, -0.2) is 65.6 Å². The molecule has 2 amide bonds. The lowest BCUT2D eigenvalue weighted by molar-refractivity contribution is -0.139. The molecular weight excluding hydrogens is 442 g/mol. The first-order valence-electron chi connectivity index (χ1n) is 11.3. The summed E-state index contributed by atoms with van der Waals surface area (Å²) in [5, 5.41) is 2.87. The van der Waals surface area contributed by atoms with Crippen LogP contribution < -0.4 is 5.32 Å². The van der Waals surface area contributed by atoms with E-state index in [0.29, 0.717) is 57.7 Å². The molecule has 176 valence electrons. The summed E-state index contributed by atoms with van der Waals surface area (Å²) in [6.07, 6.45) is 6.77. The van der Waals surface area contributed by atoms with E-state index in [9.17, 15) is 18.0 Å². The molecule has 2 aromatic heterocycles. The highest BCUT2D eigenvalue weighted by molar-refractivity contribution is 7.89. The summed E-state index contributed by atoms with van der Waals surface area (Å²) in [4.78, 5) is 35.7. The molecule has 9 nitrogen and oxygen atoms in total. The smallest absolute Gasteiger partial charge is 0.244 e. The van der Waals surface area contributed by atoms with Gasteiger partial charge >= 0.3 is 0 Å². The van der Waals surface area contributed by atoms with Crippen molar-refractivity contribution in [3.63, 3.8) is 0 Å². The predicted molar refractivity (Wildman–Crippen MR) is 123 cm³/mol. The standard InChI is InChI=1S/C23H29N5O4S/c1-17-4-10-25-21(15-17)26-22(29)18-5-11-27(12-6-18)23(30)19-7-13-28(14-8-19)33(31,32)20-3-2-9-24-16-20/h2-4,9-10,15-16,18-19H,5-8,11-14H2,1H3,(H,25,26,29). The second-order valence-electron chi connectivity index (χ2n) is 8.67. The van der Waals surface area contributed by atoms with Crippen molar-refractivity contribution in [1.29, 1.82) is 0 Å². The van der Waals surface area contributed by atoms with Crippen molar-refractivity contribution in [1.82, 2.24) is 19.2 Å². The number of likely N-dealkylation sites (tertiary alicyclic amines) is 1. The molecule has 2 aromatic rings. The van der Waals surface area contributed by atoms with Crippen LogP contribution in [-0.2, 0) is 19.6 Å². The van der Waals surface area contributed by atoms with Gasteiger partial charge in [0.15, 0.2) is 0 Å². The molecular formula is C23H29N5O4S. The van der Waals surface area contributed by atoms with Gasteiger partial charge in [0.1, 0.15) is 10.7 Å². The number of rotatable bonds is 5. The first-order chi connectivity index (χ1) is 15.8. The van der Waals surface area contributed by atoms with Crippen LogP contribution in [0.25, 0.3) is 0 Å². The third kappa shape index (κ3) is 5.39. The molecule has 4 heterocycles. The molecule has 10 heteroatoms. The number of pyridine rings is 2. The van der Waals surface area contributed by atoms with E-state index < -0.39 is 10.0 Å². The molecule has 2 aliphatic heterocycles. The number of anilines is 1. The minimum absolute atomic E-state index is 0.0610. The lowest BCUT2D eigenvalue weighted by atomic mass is 9.92. The van der Waals surface area contributed by atoms with Crippen molar-refractivity contribution < 1.29 is 18.0 Å². The third-order valence-corrected chi connectivity index (χ3v) is 8.30. The minimum atomic E-state index is -3.59. The molecule has 0 bridgehead atoms. The van der Waals surface area contributed by atoms with Gasteiger partial charge in [-0.3, -0.25) is 14.6 Å². The molecule has 0 radical (unpaired) electrons. The Morgan fingerprint density at radius 2 is 1.70 bits per heavy atom. The summed E-state index contributed by atoms with van der Waals surface area (Å²) in [7, 11) is -3.59. The highest BCUT2D eigenvalue weighted by Gasteiger charge is 2.35. The molecule has 33 heavy (non-hydrogen) atoms. The van der Waals surface area contributed by atoms with E-state index in [-0.39, 0.29) is 28.5 Å². The highest BCUT2D eigenvalue weighted by Crippen LogP contribution is 2.27. The van der Waals surface area contributed by atoms with Gasteiger partial charge in [-0.1, -0.05) is 0 Å². The van der Waals surface area contributed by atoms with E-state index in [4.69, 9.17) is 0 Å². The van der Waals surface area contributed by atoms with Crippen LogP contribution in [0.2, 0.25) is 0 Å². The molecule has 2 saturated heterocycles. The van der Waals surface area contributed by atoms with Gasteiger partial charge in [0.25, 0.3) is 0 Å². The average Bonchev–Trinajstić information content (AvgIpc) is 2.84. The number of sulfonamides is 1. The van der Waals surface area contributed by atoms with Crippen LogP contribution in [0.1, 0.15) is 31.2 Å². The maximum absolute atomic E-state index is 13.0. The lowest BCUT2D eigenvalue weighted by Gasteiger charge is -2.36. The largest absolute Gasteiger partial charge is 0.342 e. The summed E-state index contributed by atoms with van der Waals surface area (Å²) in [6, 6.07) is 6.84. The van der Waals surface area contributed by atoms with E-state index >= 15 is 0 Å². The van der Waals surface area contributed by atoms with Crippen molar-refractivity contribution in [2.45, 2.75) is 37.5 Å². The Labute approximate surface area is 194 Å². The number of nitrogens with zero attached hydrogens (tertiary/aromatic N) is 4. The van der Waals surface area contributed by atoms with E-state index in [2.05, 4.69) is 15.3 Å². The molecule has 0 aromatic carbocycles. The maximum Gasteiger partial charge on any atom is 0.244 e. The van der Waals surface area contributed by atoms with Gasteiger partial charge in [-0.25, -0.2) is 13.4 Å². The summed E-state index contributed by atoms with van der Waals surface area (Å²) in [6.45, 7) is 3.64. The topological polar surface area (TPSA) is 113 Å². The molecule has 2 fully saturated rings. The zero-order valence-corrected chi connectivity index (χ0v) is 19.5. The van der Waals surface area contributed by atoms with E-state index in [1.165, 1.54) is 22.8 Å². The number of piperidine rings is 2. The van der Waals surface area contributed by atoms with Crippen LogP contribution in [0.5, 0.6) is 0 Å². The molecule has 0 aliphatic carbocycles. The summed E-state index contributed by atoms with van der Waals surface area (Å²) >= 11 is 0. The summed E-state index contributed by atoms with van der Waals surface area (Å²) < 4.78 is 27.0. The maximum atomic E-state index is 13.0. The number of aryl methyl sites for hydroxylation is 1. The quantitative estimate of drug-likeness (QED) is 0.714. The first kappa shape index (κ1) is 23.3. The van der Waals surface area contributed by atoms with Gasteiger partial charge < -0.3 is 10.2 Å². The number of carbonyl (C=O) groups excluding carboxylic acids is 2. The Morgan fingerprint density at radius 1 is 1.00 bits per heavy atom. The van der Waals surface area contributed by atoms with Crippen molar-refractivity contribution in [3.8, 4) is 0 Å². The third-order valence-electron chi connectivity index (χ3n) is 6.42. The van der Waals surface area contributed by atoms with Gasteiger partial charge in [0, 0.05) is 56.6 Å². The SMILES string of the molecule is Cc1ccnc(NC(=O)C2CCN(C(=O)C3CCN(S(=O)(=O)c4cccnc4)CC3)CC2)c1. The van der Waals surface area contributed by atoms with Crippen LogP contribution in [0.4, 0.5) is 5.82 Å². The number of aromatic nitrogens is 2. The lowest BCUT2D eigenvalue weighted by Crippen LogP contribution is -2.47. The second kappa shape index (κ2) is 9.96. The van der Waals surface area contributed by atoms with Crippen LogP contribution in [0.3, 0.4) is 0 Å². The molecule has 0 saturated carbocycles. The monoisotopic (exact) mass is 471 g/mol. The molecule has 2 aliphatic rings. The molecule has 0 unspecified atom stereocenters. The Morgan fingerprint density at radius 3 is 2.33 bits per heavy atom. The van der Waals surface area contributed by atoms with Crippen LogP contribution in [0, 0.1) is 18.8 Å². The number of amides is 2. The Hall–Kier alpha value is -2.85. The van der Waals surface area contributed by atoms with Crippen LogP contribution in [0.15, 0.2) is 47.8 Å². The zero-order valence-electron chi connectivity index (χ0n) is 18.7. The van der Waals surface area contributed by atoms with Gasteiger partial charge in [-0.05, 0) is 62.4 Å². The number of hydrogen-bond donors (Lipinski definition) is 1. The number of nitrogens with one attached hydrogen (secondary N) is 1. The van der Waals surface area contributed by atoms with E-state index in [0.717, 1.165) is 5.56 Å². The van der Waals surface area contributed by atoms with Gasteiger partial charge in [0.2, 0.25) is 21.8 Å². The molecule has 1 N–H and O–H groups in total. The fourth-order valence-corrected chi connectivity index (χ4v) is 5.88. The van der Waals surface area contributed by atoms with Gasteiger partial charge in [0.05, 0.1) is 0 Å². The van der Waals surface area contributed by atoms with Gasteiger partial charge in [-0.2, -0.15) is 4.31 Å². The normalized spacial score (nSPS) is 18.8. The van der Waals surface area contributed by atoms with E-state index in [1.54, 1.807) is 12.3 Å². The fraction of sp³-hybridized carbons (Fsp3) is 0.478. The summed E-state index contributed by atoms with van der Waals surface area (Å²) in [5.41, 5.74) is 1.03. The number of hydrogen-bond acceptors (Lipinski definition) is 6. The van der Waals surface area contributed by atoms with Crippen LogP contribution >= 0.6 is 0 Å². The minimum Gasteiger partial charge on any atom is -0.342 e. The Balaban J connectivity index is 1.26. The Kier molecular flexibility index (Phi) is 7.04. The second-order valence-corrected chi connectivity index (χ2v) is 10.6. The first-order valence-corrected chi connectivity index (χ1v) is 12.7. The molecule has 0 atom stereocenters. The molecule has 0 spiro atoms. The van der Waals surface area contributed by atoms with Gasteiger partial charge in [-0.15, -0.1) is 0 Å². The van der Waals surface area contributed by atoms with Crippen molar-refractivity contribution >= 4 is 27.7 Å². The Bertz CT molecular complexity index is 1090. The molecule has 4 rings (SSSR count). The highest BCUT2D eigenvalue weighted by atomic mass is 32.2.